The number of nitrogens with zero attached hydrogens (tertiary/aromatic N) is 4. The van der Waals surface area contributed by atoms with Crippen molar-refractivity contribution in [1.82, 2.24) is 15.0 Å². The maximum atomic E-state index is 13.0. The summed E-state index contributed by atoms with van der Waals surface area (Å²) in [6.07, 6.45) is 13.6. The van der Waals surface area contributed by atoms with Crippen molar-refractivity contribution in [2.24, 2.45) is 0 Å². The molecule has 0 saturated carbocycles. The number of aromatic nitrogens is 3. The van der Waals surface area contributed by atoms with Crippen molar-refractivity contribution in [3.8, 4) is 17.4 Å². The highest BCUT2D eigenvalue weighted by atomic mass is 35.5. The zero-order valence-corrected chi connectivity index (χ0v) is 45.8. The minimum atomic E-state index is -0.714. The van der Waals surface area contributed by atoms with Gasteiger partial charge in [-0.3, -0.25) is 53.3 Å². The first-order valence-electron chi connectivity index (χ1n) is 25.0. The molecule has 0 fully saturated rings. The molecule has 0 amide bonds. The van der Waals surface area contributed by atoms with E-state index in [1.165, 1.54) is 43.7 Å². The second kappa shape index (κ2) is 27.6. The first kappa shape index (κ1) is 60.1. The van der Waals surface area contributed by atoms with E-state index in [2.05, 4.69) is 25.8 Å². The smallest absolute Gasteiger partial charge is 0.342 e. The molecule has 11 rings (SSSR count). The van der Waals surface area contributed by atoms with Crippen LogP contribution in [0.2, 0.25) is 0 Å². The average molecular weight is 1150 g/mol. The van der Waals surface area contributed by atoms with Gasteiger partial charge < -0.3 is 23.0 Å². The van der Waals surface area contributed by atoms with E-state index in [0.717, 1.165) is 0 Å². The number of pyridine rings is 3. The predicted octanol–water partition coefficient (Wildman–Crippen LogP) is 10.7. The van der Waals surface area contributed by atoms with E-state index < -0.39 is 52.6 Å². The lowest BCUT2D eigenvalue weighted by Gasteiger charge is -2.12. The van der Waals surface area contributed by atoms with E-state index in [9.17, 15) is 47.9 Å². The Labute approximate surface area is 482 Å². The van der Waals surface area contributed by atoms with E-state index in [-0.39, 0.29) is 115 Å². The van der Waals surface area contributed by atoms with Gasteiger partial charge in [0.1, 0.15) is 68.2 Å². The topological polar surface area (TPSA) is 287 Å². The maximum absolute atomic E-state index is 13.0. The molecule has 19 nitrogen and oxygen atoms in total. The number of fused-ring (bicyclic) bond motifs is 5. The number of rotatable bonds is 10. The van der Waals surface area contributed by atoms with Gasteiger partial charge in [-0.15, -0.1) is 0 Å². The van der Waals surface area contributed by atoms with Crippen molar-refractivity contribution >= 4 is 87.2 Å². The van der Waals surface area contributed by atoms with E-state index in [1.807, 2.05) is 12.1 Å². The number of allylic oxidation sites excluding steroid dienone is 8. The summed E-state index contributed by atoms with van der Waals surface area (Å²) < 4.78 is 26.3. The number of benzene rings is 2. The molecule has 0 spiro atoms. The summed E-state index contributed by atoms with van der Waals surface area (Å²) in [5.74, 6) is -5.16. The van der Waals surface area contributed by atoms with Gasteiger partial charge >= 0.3 is 17.9 Å². The molecule has 0 atom stereocenters. The Morgan fingerprint density at radius 1 is 0.554 bits per heavy atom. The lowest BCUT2D eigenvalue weighted by molar-refractivity contribution is -0.142. The summed E-state index contributed by atoms with van der Waals surface area (Å²) in [6.45, 7) is 7.03. The van der Waals surface area contributed by atoms with Gasteiger partial charge in [-0.25, -0.2) is 9.59 Å². The van der Waals surface area contributed by atoms with E-state index in [4.69, 9.17) is 46.8 Å². The van der Waals surface area contributed by atoms with Crippen molar-refractivity contribution in [3.63, 3.8) is 0 Å². The van der Waals surface area contributed by atoms with Crippen molar-refractivity contribution in [2.45, 2.75) is 34.1 Å². The molecule has 5 aromatic heterocycles. The Hall–Kier alpha value is -10.5. The van der Waals surface area contributed by atoms with E-state index >= 15 is 0 Å². The van der Waals surface area contributed by atoms with Gasteiger partial charge in [0.2, 0.25) is 28.9 Å². The largest absolute Gasteiger partial charge is 0.466 e. The summed E-state index contributed by atoms with van der Waals surface area (Å²) in [7, 11) is 0. The van der Waals surface area contributed by atoms with Gasteiger partial charge in [0.05, 0.1) is 65.9 Å². The summed E-state index contributed by atoms with van der Waals surface area (Å²) in [5.41, 5.74) is 2.01. The number of Topliss-reactive ketones (excluding diaryl/α,β-unsaturated/α-hetero) is 3. The third kappa shape index (κ3) is 12.9. The monoisotopic (exact) mass is 1150 g/mol. The van der Waals surface area contributed by atoms with Crippen molar-refractivity contribution in [1.29, 1.82) is 5.26 Å². The number of esters is 3. The van der Waals surface area contributed by atoms with Crippen molar-refractivity contribution < 1.29 is 71.0 Å². The fraction of sp³-hybridized carbons (Fsp3) is 0.129. The minimum Gasteiger partial charge on any atom is -0.466 e. The maximum Gasteiger partial charge on any atom is 0.342 e. The van der Waals surface area contributed by atoms with Gasteiger partial charge in [0.25, 0.3) is 0 Å². The first-order chi connectivity index (χ1) is 40.0. The highest BCUT2D eigenvalue weighted by Gasteiger charge is 2.43. The summed E-state index contributed by atoms with van der Waals surface area (Å²) in [6, 6.07) is 28.5. The molecule has 21 heteroatoms. The number of carbonyl (C=O) groups excluding carboxylic acids is 10. The lowest BCUT2D eigenvalue weighted by Crippen LogP contribution is -2.23. The number of hydrogen-bond acceptors (Lipinski definition) is 19. The molecular formula is C62H43Cl2N4O15+. The SMILES string of the molecule is CC#N.CCOC(=O)CC(=O)c1ccccc1.CCOC(=O)c1c(-c2ccccc2)oc2c1C(=O)c1ncccc1C2=O.CCOC(=O)c1c(C2=CC=[C+]C=C2)oc2c1C(=O)c1cccnc1C2=O.O=C1C(Cl)=C(Cl)C(=O)c2ncccc21. The highest BCUT2D eigenvalue weighted by molar-refractivity contribution is 6.59. The van der Waals surface area contributed by atoms with Crippen LogP contribution in [0.1, 0.15) is 156 Å². The lowest BCUT2D eigenvalue weighted by atomic mass is 9.88. The van der Waals surface area contributed by atoms with Gasteiger partial charge in [0.15, 0.2) is 28.8 Å². The molecule has 7 aromatic rings. The molecule has 2 aromatic carbocycles. The van der Waals surface area contributed by atoms with Crippen molar-refractivity contribution in [3.05, 3.63) is 235 Å². The number of ketones is 7. The molecule has 0 unspecified atom stereocenters. The summed E-state index contributed by atoms with van der Waals surface area (Å²) >= 11 is 11.2. The normalized spacial score (nSPS) is 12.8. The Morgan fingerprint density at radius 2 is 1.01 bits per heavy atom. The van der Waals surface area contributed by atoms with Gasteiger partial charge in [0, 0.05) is 42.7 Å². The Balaban J connectivity index is 0.000000163. The average Bonchev–Trinajstić information content (AvgIpc) is 2.23. The fourth-order valence-electron chi connectivity index (χ4n) is 8.23. The van der Waals surface area contributed by atoms with E-state index in [1.54, 1.807) is 118 Å². The molecule has 83 heavy (non-hydrogen) atoms. The third-order valence-electron chi connectivity index (χ3n) is 11.8. The zero-order chi connectivity index (χ0) is 59.9. The molecule has 0 bridgehead atoms. The van der Waals surface area contributed by atoms with Crippen LogP contribution in [-0.2, 0) is 19.0 Å². The number of ether oxygens (including phenoxy) is 3. The summed E-state index contributed by atoms with van der Waals surface area (Å²) in [5, 5.41) is 6.82. The van der Waals surface area contributed by atoms with Crippen LogP contribution in [0.3, 0.4) is 0 Å². The number of nitriles is 1. The predicted molar refractivity (Wildman–Crippen MR) is 297 cm³/mol. The fourth-order valence-corrected chi connectivity index (χ4v) is 8.59. The quantitative estimate of drug-likeness (QED) is 0.0404. The Kier molecular flexibility index (Phi) is 20.0. The van der Waals surface area contributed by atoms with Crippen LogP contribution in [0.25, 0.3) is 16.9 Å². The molecular weight excluding hydrogens is 1110 g/mol. The molecule has 5 heterocycles. The van der Waals surface area contributed by atoms with Crippen molar-refractivity contribution in [2.75, 3.05) is 19.8 Å². The van der Waals surface area contributed by atoms with Crippen LogP contribution >= 0.6 is 23.2 Å². The standard InChI is InChI=1S/C20H13NO5.C20H12NO5.C11H12O3.C9H3Cl2NO2.C2H3N/c1-2-25-20(24)14-13-17(23)15-12(9-6-10-21-15)16(22)19(13)26-18(14)11-7-4-3-5-8-11;1-2-25-20(24)14-13-16(22)12-9-6-10-21-15(12)17(23)19(13)26-18(14)11-7-4-3-5-8-11;1-2-14-11(13)8-10(12)9-6-4-3-5-7-9;10-5-6(11)9(14)7-4(8(5)13)2-1-3-12-7;1-2-3/h3-10H,2H2,1H3;4-10H,2H2,1H3;3-7H,2,8H2,1H3;1-3H;1H3/q;+1;;;. The molecule has 4 aliphatic carbocycles. The summed E-state index contributed by atoms with van der Waals surface area (Å²) in [4.78, 5) is 134. The molecule has 0 radical (unpaired) electrons. The molecule has 414 valence electrons. The molecule has 0 N–H and O–H groups in total. The van der Waals surface area contributed by atoms with Gasteiger partial charge in [-0.2, -0.15) is 5.26 Å². The first-order valence-corrected chi connectivity index (χ1v) is 25.7. The van der Waals surface area contributed by atoms with E-state index in [0.29, 0.717) is 23.3 Å². The minimum absolute atomic E-state index is 0.0101. The number of hydrogen-bond donors (Lipinski definition) is 0. The highest BCUT2D eigenvalue weighted by Crippen LogP contribution is 2.39. The molecule has 4 aliphatic rings. The Bertz CT molecular complexity index is 3910. The van der Waals surface area contributed by atoms with Crippen LogP contribution in [-0.4, -0.2) is 93.2 Å². The number of halogens is 2. The van der Waals surface area contributed by atoms with Crippen LogP contribution < -0.4 is 0 Å². The Morgan fingerprint density at radius 3 is 1.55 bits per heavy atom. The second-order valence-corrected chi connectivity index (χ2v) is 17.7. The zero-order valence-electron chi connectivity index (χ0n) is 44.3. The molecule has 0 saturated heterocycles. The second-order valence-electron chi connectivity index (χ2n) is 16.9. The van der Waals surface area contributed by atoms with Gasteiger partial charge in [-0.1, -0.05) is 83.9 Å². The van der Waals surface area contributed by atoms with Gasteiger partial charge in [-0.05, 0) is 57.2 Å². The van der Waals surface area contributed by atoms with Crippen LogP contribution in [0.5, 0.6) is 0 Å². The third-order valence-corrected chi connectivity index (χ3v) is 12.6. The van der Waals surface area contributed by atoms with Crippen LogP contribution in [0.15, 0.2) is 159 Å². The number of carbonyl (C=O) groups is 10. The van der Waals surface area contributed by atoms with Crippen LogP contribution in [0, 0.1) is 17.4 Å². The number of furan rings is 2. The molecule has 0 aliphatic heterocycles. The van der Waals surface area contributed by atoms with Crippen LogP contribution in [0.4, 0.5) is 0 Å².